The van der Waals surface area contributed by atoms with Gasteiger partial charge in [0.1, 0.15) is 0 Å². The first kappa shape index (κ1) is 10.7. The highest BCUT2D eigenvalue weighted by molar-refractivity contribution is 5.24. The topological polar surface area (TPSA) is 9.23 Å². The van der Waals surface area contributed by atoms with Crippen LogP contribution in [-0.2, 0) is 10.3 Å². The third kappa shape index (κ3) is 1.81. The molecule has 0 unspecified atom stereocenters. The molecule has 0 aromatic heterocycles. The molecule has 15 heavy (non-hydrogen) atoms. The van der Waals surface area contributed by atoms with Crippen molar-refractivity contribution >= 4 is 0 Å². The molecule has 1 saturated carbocycles. The third-order valence-electron chi connectivity index (χ3n) is 3.86. The Hall–Kier alpha value is -0.820. The Balaban J connectivity index is 2.35. The van der Waals surface area contributed by atoms with E-state index in [0.29, 0.717) is 5.92 Å². The summed E-state index contributed by atoms with van der Waals surface area (Å²) in [5.41, 5.74) is 1.32. The van der Waals surface area contributed by atoms with Gasteiger partial charge < -0.3 is 4.74 Å². The molecular weight excluding hydrogens is 184 g/mol. The first-order valence-corrected chi connectivity index (χ1v) is 5.90. The maximum absolute atomic E-state index is 5.88. The number of hydrogen-bond acceptors (Lipinski definition) is 1. The van der Waals surface area contributed by atoms with Gasteiger partial charge in [0.05, 0.1) is 5.60 Å². The van der Waals surface area contributed by atoms with E-state index in [1.807, 2.05) is 7.11 Å². The summed E-state index contributed by atoms with van der Waals surface area (Å²) in [5.74, 6) is 0.624. The van der Waals surface area contributed by atoms with Crippen molar-refractivity contribution in [1.29, 1.82) is 0 Å². The Kier molecular flexibility index (Phi) is 3.11. The first-order valence-electron chi connectivity index (χ1n) is 5.90. The lowest BCUT2D eigenvalue weighted by molar-refractivity contribution is -0.0835. The SMILES string of the molecule is CO[C@]1(c2ccccc2)CCCC[C@@H]1C. The van der Waals surface area contributed by atoms with Crippen LogP contribution in [0.2, 0.25) is 0 Å². The van der Waals surface area contributed by atoms with Crippen LogP contribution in [0.1, 0.15) is 38.2 Å². The Labute approximate surface area is 92.5 Å². The Morgan fingerprint density at radius 3 is 2.53 bits per heavy atom. The molecule has 1 aliphatic rings. The quantitative estimate of drug-likeness (QED) is 0.713. The van der Waals surface area contributed by atoms with Crippen LogP contribution >= 0.6 is 0 Å². The van der Waals surface area contributed by atoms with Crippen molar-refractivity contribution in [2.24, 2.45) is 5.92 Å². The normalized spacial score (nSPS) is 31.5. The second-order valence-corrected chi connectivity index (χ2v) is 4.61. The van der Waals surface area contributed by atoms with Crippen LogP contribution in [0.5, 0.6) is 0 Å². The second kappa shape index (κ2) is 4.36. The van der Waals surface area contributed by atoms with Crippen molar-refractivity contribution in [3.8, 4) is 0 Å². The van der Waals surface area contributed by atoms with Crippen LogP contribution in [0.4, 0.5) is 0 Å². The zero-order chi connectivity index (χ0) is 10.7. The van der Waals surface area contributed by atoms with Crippen molar-refractivity contribution < 1.29 is 4.74 Å². The van der Waals surface area contributed by atoms with Crippen molar-refractivity contribution in [1.82, 2.24) is 0 Å². The lowest BCUT2D eigenvalue weighted by Gasteiger charge is -2.42. The molecule has 1 heteroatoms. The fourth-order valence-corrected chi connectivity index (χ4v) is 2.89. The van der Waals surface area contributed by atoms with Gasteiger partial charge in [-0.2, -0.15) is 0 Å². The highest BCUT2D eigenvalue weighted by Crippen LogP contribution is 2.43. The minimum absolute atomic E-state index is 0.0283. The van der Waals surface area contributed by atoms with Gasteiger partial charge in [0.25, 0.3) is 0 Å². The monoisotopic (exact) mass is 204 g/mol. The molecule has 0 heterocycles. The van der Waals surface area contributed by atoms with Crippen molar-refractivity contribution in [2.75, 3.05) is 7.11 Å². The van der Waals surface area contributed by atoms with Gasteiger partial charge in [-0.3, -0.25) is 0 Å². The molecule has 1 aromatic carbocycles. The number of hydrogen-bond donors (Lipinski definition) is 0. The lowest BCUT2D eigenvalue weighted by atomic mass is 9.72. The van der Waals surface area contributed by atoms with Gasteiger partial charge >= 0.3 is 0 Å². The van der Waals surface area contributed by atoms with E-state index in [2.05, 4.69) is 37.3 Å². The fraction of sp³-hybridized carbons (Fsp3) is 0.571. The molecule has 1 aliphatic carbocycles. The number of ether oxygens (including phenoxy) is 1. The predicted molar refractivity (Wildman–Crippen MR) is 62.8 cm³/mol. The number of rotatable bonds is 2. The average molecular weight is 204 g/mol. The Morgan fingerprint density at radius 2 is 1.93 bits per heavy atom. The molecule has 0 radical (unpaired) electrons. The van der Waals surface area contributed by atoms with Gasteiger partial charge in [-0.25, -0.2) is 0 Å². The van der Waals surface area contributed by atoms with Crippen LogP contribution in [0, 0.1) is 5.92 Å². The van der Waals surface area contributed by atoms with Crippen LogP contribution in [0.3, 0.4) is 0 Å². The van der Waals surface area contributed by atoms with E-state index < -0.39 is 0 Å². The van der Waals surface area contributed by atoms with Crippen molar-refractivity contribution in [3.05, 3.63) is 35.9 Å². The molecular formula is C14H20O. The molecule has 2 atom stereocenters. The van der Waals surface area contributed by atoms with E-state index in [1.54, 1.807) is 0 Å². The smallest absolute Gasteiger partial charge is 0.0952 e. The van der Waals surface area contributed by atoms with E-state index in [1.165, 1.54) is 24.8 Å². The van der Waals surface area contributed by atoms with Crippen molar-refractivity contribution in [2.45, 2.75) is 38.2 Å². The fourth-order valence-electron chi connectivity index (χ4n) is 2.89. The molecule has 1 fully saturated rings. The molecule has 1 aromatic rings. The van der Waals surface area contributed by atoms with Crippen LogP contribution in [0.15, 0.2) is 30.3 Å². The maximum Gasteiger partial charge on any atom is 0.0952 e. The standard InChI is InChI=1S/C14H20O/c1-12-8-6-7-11-14(12,15-2)13-9-4-3-5-10-13/h3-5,9-10,12H,6-8,11H2,1-2H3/t12-,14+/m0/s1. The van der Waals surface area contributed by atoms with E-state index in [9.17, 15) is 0 Å². The zero-order valence-electron chi connectivity index (χ0n) is 9.70. The van der Waals surface area contributed by atoms with Crippen LogP contribution in [0.25, 0.3) is 0 Å². The summed E-state index contributed by atoms with van der Waals surface area (Å²) < 4.78 is 5.88. The molecule has 2 rings (SSSR count). The summed E-state index contributed by atoms with van der Waals surface area (Å²) in [7, 11) is 1.86. The molecule has 0 spiro atoms. The van der Waals surface area contributed by atoms with Gasteiger partial charge in [-0.15, -0.1) is 0 Å². The Morgan fingerprint density at radius 1 is 1.20 bits per heavy atom. The van der Waals surface area contributed by atoms with E-state index >= 15 is 0 Å². The molecule has 0 N–H and O–H groups in total. The molecule has 82 valence electrons. The highest BCUT2D eigenvalue weighted by Gasteiger charge is 2.39. The molecule has 0 amide bonds. The minimum Gasteiger partial charge on any atom is -0.373 e. The molecule has 0 aliphatic heterocycles. The summed E-state index contributed by atoms with van der Waals surface area (Å²) in [6.07, 6.45) is 5.07. The summed E-state index contributed by atoms with van der Waals surface area (Å²) >= 11 is 0. The molecule has 0 saturated heterocycles. The molecule has 1 nitrogen and oxygen atoms in total. The zero-order valence-corrected chi connectivity index (χ0v) is 9.70. The maximum atomic E-state index is 5.88. The van der Waals surface area contributed by atoms with E-state index in [-0.39, 0.29) is 5.60 Å². The number of benzene rings is 1. The van der Waals surface area contributed by atoms with E-state index in [0.717, 1.165) is 6.42 Å². The molecule has 0 bridgehead atoms. The van der Waals surface area contributed by atoms with Crippen LogP contribution in [-0.4, -0.2) is 7.11 Å². The Bertz CT molecular complexity index is 306. The summed E-state index contributed by atoms with van der Waals surface area (Å²) in [5, 5.41) is 0. The summed E-state index contributed by atoms with van der Waals surface area (Å²) in [6.45, 7) is 2.32. The van der Waals surface area contributed by atoms with Gasteiger partial charge in [-0.1, -0.05) is 50.1 Å². The highest BCUT2D eigenvalue weighted by atomic mass is 16.5. The van der Waals surface area contributed by atoms with Gasteiger partial charge in [-0.05, 0) is 24.3 Å². The first-order chi connectivity index (χ1) is 7.29. The van der Waals surface area contributed by atoms with Crippen molar-refractivity contribution in [3.63, 3.8) is 0 Å². The minimum atomic E-state index is -0.0283. The lowest BCUT2D eigenvalue weighted by Crippen LogP contribution is -2.38. The van der Waals surface area contributed by atoms with Gasteiger partial charge in [0.2, 0.25) is 0 Å². The number of methoxy groups -OCH3 is 1. The largest absolute Gasteiger partial charge is 0.373 e. The second-order valence-electron chi connectivity index (χ2n) is 4.61. The van der Waals surface area contributed by atoms with E-state index in [4.69, 9.17) is 4.74 Å². The van der Waals surface area contributed by atoms with Gasteiger partial charge in [0, 0.05) is 7.11 Å². The third-order valence-corrected chi connectivity index (χ3v) is 3.86. The van der Waals surface area contributed by atoms with Gasteiger partial charge in [0.15, 0.2) is 0 Å². The summed E-state index contributed by atoms with van der Waals surface area (Å²) in [6, 6.07) is 10.7. The van der Waals surface area contributed by atoms with Crippen LogP contribution < -0.4 is 0 Å². The summed E-state index contributed by atoms with van der Waals surface area (Å²) in [4.78, 5) is 0. The average Bonchev–Trinajstić information content (AvgIpc) is 2.31. The predicted octanol–water partition coefficient (Wildman–Crippen LogP) is 3.74.